The second-order valence-electron chi connectivity index (χ2n) is 6.39. The summed E-state index contributed by atoms with van der Waals surface area (Å²) < 4.78 is 29.4. The molecular formula is C18H14ClF2N5OS. The van der Waals surface area contributed by atoms with E-state index in [-0.39, 0.29) is 12.1 Å². The van der Waals surface area contributed by atoms with Crippen molar-refractivity contribution in [1.29, 1.82) is 0 Å². The molecule has 0 aliphatic carbocycles. The minimum absolute atomic E-state index is 0.0536. The van der Waals surface area contributed by atoms with Crippen LogP contribution in [0.2, 0.25) is 5.02 Å². The van der Waals surface area contributed by atoms with Crippen molar-refractivity contribution < 1.29 is 13.9 Å². The predicted octanol–water partition coefficient (Wildman–Crippen LogP) is 3.91. The lowest BCUT2D eigenvalue weighted by Crippen LogP contribution is -2.38. The van der Waals surface area contributed by atoms with Gasteiger partial charge in [0.2, 0.25) is 0 Å². The summed E-state index contributed by atoms with van der Waals surface area (Å²) in [4.78, 5) is 13.3. The highest BCUT2D eigenvalue weighted by molar-refractivity contribution is 7.18. The molecule has 10 heteroatoms. The van der Waals surface area contributed by atoms with Gasteiger partial charge >= 0.3 is 0 Å². The predicted molar refractivity (Wildman–Crippen MR) is 101 cm³/mol. The Bertz CT molecular complexity index is 1140. The molecule has 1 aromatic carbocycles. The van der Waals surface area contributed by atoms with E-state index in [1.807, 2.05) is 0 Å². The average molecular weight is 422 g/mol. The first-order valence-electron chi connectivity index (χ1n) is 8.29. The Morgan fingerprint density at radius 2 is 2.14 bits per heavy atom. The highest BCUT2D eigenvalue weighted by Crippen LogP contribution is 2.41. The topological polar surface area (TPSA) is 76.7 Å². The van der Waals surface area contributed by atoms with Crippen molar-refractivity contribution in [2.75, 3.05) is 0 Å². The number of pyridine rings is 1. The molecule has 0 bridgehead atoms. The zero-order valence-corrected chi connectivity index (χ0v) is 16.1. The number of thiazole rings is 1. The fraction of sp³-hybridized carbons (Fsp3) is 0.222. The lowest BCUT2D eigenvalue weighted by molar-refractivity contribution is -0.0112. The number of nitrogens with zero attached hydrogens (tertiary/aromatic N) is 5. The van der Waals surface area contributed by atoms with Crippen molar-refractivity contribution in [1.82, 2.24) is 24.7 Å². The molecule has 0 unspecified atom stereocenters. The van der Waals surface area contributed by atoms with Gasteiger partial charge in [0.05, 0.1) is 11.6 Å². The fourth-order valence-corrected chi connectivity index (χ4v) is 4.24. The van der Waals surface area contributed by atoms with Crippen molar-refractivity contribution in [3.8, 4) is 0 Å². The number of aromatic nitrogens is 5. The molecule has 0 aliphatic heterocycles. The van der Waals surface area contributed by atoms with E-state index in [2.05, 4.69) is 20.1 Å². The van der Waals surface area contributed by atoms with E-state index < -0.39 is 23.2 Å². The lowest BCUT2D eigenvalue weighted by Gasteiger charge is -2.33. The number of hydrogen-bond donors (Lipinski definition) is 1. The molecule has 0 aliphatic rings. The molecule has 6 nitrogen and oxygen atoms in total. The Morgan fingerprint density at radius 1 is 1.32 bits per heavy atom. The molecule has 0 fully saturated rings. The zero-order valence-electron chi connectivity index (χ0n) is 14.6. The molecule has 28 heavy (non-hydrogen) atoms. The summed E-state index contributed by atoms with van der Waals surface area (Å²) in [6, 6.07) is 4.76. The second-order valence-corrected chi connectivity index (χ2v) is 7.84. The highest BCUT2D eigenvalue weighted by atomic mass is 35.5. The number of hydrogen-bond acceptors (Lipinski definition) is 6. The van der Waals surface area contributed by atoms with Gasteiger partial charge in [-0.15, -0.1) is 0 Å². The second kappa shape index (κ2) is 7.16. The quantitative estimate of drug-likeness (QED) is 0.528. The Morgan fingerprint density at radius 3 is 2.86 bits per heavy atom. The van der Waals surface area contributed by atoms with Crippen LogP contribution in [0.25, 0.3) is 10.3 Å². The van der Waals surface area contributed by atoms with Gasteiger partial charge in [0.1, 0.15) is 45.2 Å². The molecule has 0 saturated heterocycles. The minimum atomic E-state index is -1.76. The maximum atomic E-state index is 14.6. The van der Waals surface area contributed by atoms with Gasteiger partial charge in [-0.1, -0.05) is 35.9 Å². The van der Waals surface area contributed by atoms with Gasteiger partial charge in [0.25, 0.3) is 0 Å². The monoisotopic (exact) mass is 421 g/mol. The Hall–Kier alpha value is -2.49. The molecule has 0 saturated carbocycles. The van der Waals surface area contributed by atoms with E-state index in [0.29, 0.717) is 20.4 Å². The van der Waals surface area contributed by atoms with Crippen LogP contribution in [-0.4, -0.2) is 29.8 Å². The number of halogens is 3. The largest absolute Gasteiger partial charge is 0.382 e. The van der Waals surface area contributed by atoms with Crippen molar-refractivity contribution in [2.24, 2.45) is 0 Å². The van der Waals surface area contributed by atoms with Gasteiger partial charge in [-0.25, -0.2) is 28.4 Å². The van der Waals surface area contributed by atoms with Gasteiger partial charge in [-0.2, -0.15) is 5.10 Å². The standard InChI is InChI=1S/C18H14ClF2N5OS/c1-10(16-25-15-4-11(19)6-23-17(15)28-16)18(27,7-26-9-22-8-24-26)13-3-2-12(20)5-14(13)21/h2-6,8-10,27H,7H2,1H3/t10-,18+/m0/s1. The van der Waals surface area contributed by atoms with Crippen LogP contribution in [0.15, 0.2) is 43.1 Å². The molecule has 2 atom stereocenters. The van der Waals surface area contributed by atoms with Crippen molar-refractivity contribution in [3.05, 3.63) is 70.3 Å². The third-order valence-electron chi connectivity index (χ3n) is 4.58. The van der Waals surface area contributed by atoms with Crippen molar-refractivity contribution >= 4 is 33.3 Å². The zero-order chi connectivity index (χ0) is 19.9. The number of aliphatic hydroxyl groups is 1. The molecule has 1 N–H and O–H groups in total. The van der Waals surface area contributed by atoms with E-state index in [9.17, 15) is 13.9 Å². The Labute approximate surface area is 167 Å². The van der Waals surface area contributed by atoms with E-state index in [1.54, 1.807) is 13.0 Å². The SMILES string of the molecule is C[C@@H](c1nc2cc(Cl)cnc2s1)[C@](O)(Cn1cncn1)c1ccc(F)cc1F. The molecule has 0 amide bonds. The van der Waals surface area contributed by atoms with E-state index in [4.69, 9.17) is 11.6 Å². The van der Waals surface area contributed by atoms with Gasteiger partial charge in [-0.3, -0.25) is 0 Å². The summed E-state index contributed by atoms with van der Waals surface area (Å²) in [6.07, 6.45) is 4.24. The van der Waals surface area contributed by atoms with E-state index in [1.165, 1.54) is 40.9 Å². The van der Waals surface area contributed by atoms with Gasteiger partial charge in [-0.05, 0) is 12.1 Å². The molecule has 144 valence electrons. The molecule has 4 aromatic rings. The summed E-state index contributed by atoms with van der Waals surface area (Å²) in [7, 11) is 0. The van der Waals surface area contributed by atoms with Crippen LogP contribution in [0.5, 0.6) is 0 Å². The van der Waals surface area contributed by atoms with Gasteiger partial charge in [0.15, 0.2) is 0 Å². The molecule has 3 heterocycles. The van der Waals surface area contributed by atoms with Crippen molar-refractivity contribution in [3.63, 3.8) is 0 Å². The minimum Gasteiger partial charge on any atom is -0.382 e. The number of fused-ring (bicyclic) bond motifs is 1. The van der Waals surface area contributed by atoms with E-state index in [0.717, 1.165) is 12.1 Å². The van der Waals surface area contributed by atoms with Crippen LogP contribution in [0.3, 0.4) is 0 Å². The maximum Gasteiger partial charge on any atom is 0.143 e. The van der Waals surface area contributed by atoms with Gasteiger partial charge < -0.3 is 5.11 Å². The first kappa shape index (κ1) is 18.9. The van der Waals surface area contributed by atoms with Crippen LogP contribution in [0, 0.1) is 11.6 Å². The highest BCUT2D eigenvalue weighted by Gasteiger charge is 2.41. The van der Waals surface area contributed by atoms with Crippen LogP contribution in [0.4, 0.5) is 8.78 Å². The van der Waals surface area contributed by atoms with Crippen LogP contribution in [0.1, 0.15) is 23.4 Å². The lowest BCUT2D eigenvalue weighted by atomic mass is 9.82. The van der Waals surface area contributed by atoms with Crippen LogP contribution < -0.4 is 0 Å². The smallest absolute Gasteiger partial charge is 0.143 e. The van der Waals surface area contributed by atoms with Crippen molar-refractivity contribution in [2.45, 2.75) is 25.0 Å². The molecule has 3 aromatic heterocycles. The summed E-state index contributed by atoms with van der Waals surface area (Å²) in [5.41, 5.74) is -1.23. The molecule has 0 spiro atoms. The third kappa shape index (κ3) is 3.36. The number of benzene rings is 1. The number of rotatable bonds is 5. The first-order chi connectivity index (χ1) is 13.4. The maximum absolute atomic E-state index is 14.6. The Kier molecular flexibility index (Phi) is 4.82. The van der Waals surface area contributed by atoms with Crippen LogP contribution in [-0.2, 0) is 12.1 Å². The first-order valence-corrected chi connectivity index (χ1v) is 9.48. The summed E-state index contributed by atoms with van der Waals surface area (Å²) >= 11 is 7.25. The van der Waals surface area contributed by atoms with Gasteiger partial charge in [0, 0.05) is 23.7 Å². The molecule has 0 radical (unpaired) electrons. The Balaban J connectivity index is 1.83. The summed E-state index contributed by atoms with van der Waals surface area (Å²) in [5, 5.41) is 16.6. The third-order valence-corrected chi connectivity index (χ3v) is 5.95. The van der Waals surface area contributed by atoms with Crippen LogP contribution >= 0.6 is 22.9 Å². The van der Waals surface area contributed by atoms with E-state index >= 15 is 0 Å². The molecular weight excluding hydrogens is 408 g/mol. The molecule has 4 rings (SSSR count). The fourth-order valence-electron chi connectivity index (χ4n) is 3.06. The summed E-state index contributed by atoms with van der Waals surface area (Å²) in [6.45, 7) is 1.62. The average Bonchev–Trinajstić information content (AvgIpc) is 3.29. The normalized spacial score (nSPS) is 14.9. The summed E-state index contributed by atoms with van der Waals surface area (Å²) in [5.74, 6) is -2.23.